The summed E-state index contributed by atoms with van der Waals surface area (Å²) in [5.41, 5.74) is 2.93. The fourth-order valence-corrected chi connectivity index (χ4v) is 3.72. The van der Waals surface area contributed by atoms with Crippen LogP contribution in [0.1, 0.15) is 36.7 Å². The molecule has 0 saturated carbocycles. The van der Waals surface area contributed by atoms with Crippen LogP contribution in [0.15, 0.2) is 53.6 Å². The van der Waals surface area contributed by atoms with E-state index in [2.05, 4.69) is 22.3 Å². The zero-order valence-corrected chi connectivity index (χ0v) is 16.5. The molecule has 0 radical (unpaired) electrons. The Morgan fingerprint density at radius 3 is 2.59 bits per heavy atom. The van der Waals surface area contributed by atoms with Gasteiger partial charge in [0.1, 0.15) is 5.82 Å². The summed E-state index contributed by atoms with van der Waals surface area (Å²) in [6, 6.07) is 11.7. The summed E-state index contributed by atoms with van der Waals surface area (Å²) in [5, 5.41) is 7.53. The fourth-order valence-electron chi connectivity index (χ4n) is 3.72. The molecule has 3 aromatic rings. The Bertz CT molecular complexity index is 1040. The largest absolute Gasteiger partial charge is 0.346 e. The molecule has 0 aliphatic carbocycles. The molecule has 7 heteroatoms. The van der Waals surface area contributed by atoms with Crippen molar-refractivity contribution >= 4 is 11.6 Å². The van der Waals surface area contributed by atoms with Crippen LogP contribution in [-0.4, -0.2) is 25.2 Å². The first-order valence-electron chi connectivity index (χ1n) is 10.1. The molecule has 29 heavy (non-hydrogen) atoms. The molecule has 0 bridgehead atoms. The van der Waals surface area contributed by atoms with Crippen molar-refractivity contribution in [1.29, 1.82) is 0 Å². The second-order valence-corrected chi connectivity index (χ2v) is 7.43. The molecule has 1 aliphatic heterocycles. The van der Waals surface area contributed by atoms with E-state index < -0.39 is 0 Å². The number of aryl methyl sites for hydroxylation is 2. The van der Waals surface area contributed by atoms with Gasteiger partial charge in [0.25, 0.3) is 0 Å². The molecule has 0 fully saturated rings. The summed E-state index contributed by atoms with van der Waals surface area (Å²) in [6.45, 7) is 3.05. The highest BCUT2D eigenvalue weighted by Gasteiger charge is 2.25. The van der Waals surface area contributed by atoms with Gasteiger partial charge in [0.05, 0.1) is 6.54 Å². The van der Waals surface area contributed by atoms with Crippen molar-refractivity contribution in [3.8, 4) is 0 Å². The number of aromatic nitrogens is 4. The Labute approximate surface area is 169 Å². The zero-order chi connectivity index (χ0) is 20.2. The highest BCUT2D eigenvalue weighted by atomic mass is 16.2. The van der Waals surface area contributed by atoms with E-state index in [0.717, 1.165) is 23.5 Å². The van der Waals surface area contributed by atoms with Gasteiger partial charge in [0.2, 0.25) is 5.91 Å². The Hall–Kier alpha value is -3.22. The third-order valence-corrected chi connectivity index (χ3v) is 5.50. The van der Waals surface area contributed by atoms with Crippen molar-refractivity contribution in [2.45, 2.75) is 45.7 Å². The van der Waals surface area contributed by atoms with Crippen molar-refractivity contribution in [2.75, 3.05) is 5.32 Å². The molecule has 150 valence electrons. The van der Waals surface area contributed by atoms with E-state index in [9.17, 15) is 9.59 Å². The van der Waals surface area contributed by atoms with Crippen molar-refractivity contribution in [1.82, 2.24) is 19.3 Å². The number of amides is 1. The molecule has 0 spiro atoms. The lowest BCUT2D eigenvalue weighted by Crippen LogP contribution is -2.27. The molecular weight excluding hydrogens is 366 g/mol. The van der Waals surface area contributed by atoms with Crippen LogP contribution in [0, 0.1) is 5.92 Å². The third kappa shape index (κ3) is 4.29. The van der Waals surface area contributed by atoms with Crippen molar-refractivity contribution in [3.05, 3.63) is 76.2 Å². The van der Waals surface area contributed by atoms with Crippen LogP contribution in [0.3, 0.4) is 0 Å². The number of carbonyl (C=O) groups is 1. The maximum Gasteiger partial charge on any atom is 0.346 e. The summed E-state index contributed by atoms with van der Waals surface area (Å²) in [6.07, 6.45) is 6.32. The van der Waals surface area contributed by atoms with E-state index in [0.29, 0.717) is 32.4 Å². The zero-order valence-electron chi connectivity index (χ0n) is 16.5. The Morgan fingerprint density at radius 1 is 1.10 bits per heavy atom. The van der Waals surface area contributed by atoms with Crippen LogP contribution in [0.4, 0.5) is 5.69 Å². The minimum absolute atomic E-state index is 0.0112. The first kappa shape index (κ1) is 19.1. The van der Waals surface area contributed by atoms with Gasteiger partial charge in [-0.1, -0.05) is 19.1 Å². The topological polar surface area (TPSA) is 81.8 Å². The number of hydrogen-bond donors (Lipinski definition) is 1. The van der Waals surface area contributed by atoms with Gasteiger partial charge in [-0.3, -0.25) is 14.3 Å². The smallest absolute Gasteiger partial charge is 0.326 e. The average molecular weight is 391 g/mol. The van der Waals surface area contributed by atoms with E-state index in [1.807, 2.05) is 36.4 Å². The highest BCUT2D eigenvalue weighted by molar-refractivity contribution is 5.92. The molecule has 1 unspecified atom stereocenters. The molecule has 1 aliphatic rings. The molecule has 1 N–H and O–H groups in total. The first-order valence-corrected chi connectivity index (χ1v) is 10.1. The van der Waals surface area contributed by atoms with E-state index in [1.54, 1.807) is 17.0 Å². The normalized spacial score (nSPS) is 16.1. The molecule has 3 heterocycles. The van der Waals surface area contributed by atoms with E-state index in [1.165, 1.54) is 10.2 Å². The molecule has 0 saturated heterocycles. The number of benzene rings is 1. The number of fused-ring (bicyclic) bond motifs is 1. The first-order chi connectivity index (χ1) is 14.1. The number of carbonyl (C=O) groups excluding carboxylic acids is 1. The van der Waals surface area contributed by atoms with Gasteiger partial charge in [0.15, 0.2) is 0 Å². The number of anilines is 1. The van der Waals surface area contributed by atoms with Gasteiger partial charge in [-0.25, -0.2) is 9.48 Å². The monoisotopic (exact) mass is 391 g/mol. The minimum Gasteiger partial charge on any atom is -0.326 e. The minimum atomic E-state index is -0.129. The van der Waals surface area contributed by atoms with Crippen molar-refractivity contribution in [2.24, 2.45) is 5.92 Å². The molecule has 7 nitrogen and oxygen atoms in total. The maximum atomic E-state index is 12.7. The van der Waals surface area contributed by atoms with Crippen LogP contribution in [-0.2, 0) is 30.7 Å². The summed E-state index contributed by atoms with van der Waals surface area (Å²) >= 11 is 0. The molecule has 1 amide bonds. The van der Waals surface area contributed by atoms with Crippen LogP contribution in [0.5, 0.6) is 0 Å². The third-order valence-electron chi connectivity index (χ3n) is 5.50. The quantitative estimate of drug-likeness (QED) is 0.725. The Kier molecular flexibility index (Phi) is 5.55. The standard InChI is InChI=1S/C22H25N5O2/c1-2-16-3-6-19(7-4-16)24-21(28)18-5-8-20-25-27(22(29)26(20)14-11-18)15-17-9-12-23-13-10-17/h3-4,6-7,9-10,12-13,18H,2,5,8,11,14-15H2,1H3,(H,24,28). The molecule has 1 atom stereocenters. The van der Waals surface area contributed by atoms with E-state index in [4.69, 9.17) is 0 Å². The van der Waals surface area contributed by atoms with E-state index in [-0.39, 0.29) is 17.5 Å². The van der Waals surface area contributed by atoms with Crippen LogP contribution in [0.25, 0.3) is 0 Å². The van der Waals surface area contributed by atoms with Gasteiger partial charge in [-0.2, -0.15) is 5.10 Å². The molecule has 4 rings (SSSR count). The number of hydrogen-bond acceptors (Lipinski definition) is 4. The Balaban J connectivity index is 1.41. The molecule has 2 aromatic heterocycles. The lowest BCUT2D eigenvalue weighted by molar-refractivity contribution is -0.120. The number of nitrogens with zero attached hydrogens (tertiary/aromatic N) is 4. The van der Waals surface area contributed by atoms with Gasteiger partial charge >= 0.3 is 5.69 Å². The summed E-state index contributed by atoms with van der Waals surface area (Å²) < 4.78 is 3.21. The SMILES string of the molecule is CCc1ccc(NC(=O)C2CCc3nn(Cc4ccncc4)c(=O)n3CC2)cc1. The fraction of sp³-hybridized carbons (Fsp3) is 0.364. The summed E-state index contributed by atoms with van der Waals surface area (Å²) in [7, 11) is 0. The maximum absolute atomic E-state index is 12.7. The molecule has 1 aromatic carbocycles. The van der Waals surface area contributed by atoms with Crippen molar-refractivity contribution < 1.29 is 4.79 Å². The van der Waals surface area contributed by atoms with Gasteiger partial charge < -0.3 is 5.32 Å². The van der Waals surface area contributed by atoms with Crippen LogP contribution in [0.2, 0.25) is 0 Å². The Morgan fingerprint density at radius 2 is 1.86 bits per heavy atom. The van der Waals surface area contributed by atoms with Gasteiger partial charge in [0, 0.05) is 37.0 Å². The van der Waals surface area contributed by atoms with Gasteiger partial charge in [-0.05, 0) is 54.7 Å². The number of nitrogens with one attached hydrogen (secondary N) is 1. The summed E-state index contributed by atoms with van der Waals surface area (Å²) in [5.74, 6) is 0.638. The van der Waals surface area contributed by atoms with E-state index >= 15 is 0 Å². The number of pyridine rings is 1. The lowest BCUT2D eigenvalue weighted by Gasteiger charge is -2.14. The second kappa shape index (κ2) is 8.43. The lowest BCUT2D eigenvalue weighted by atomic mass is 9.99. The van der Waals surface area contributed by atoms with Gasteiger partial charge in [-0.15, -0.1) is 0 Å². The summed E-state index contributed by atoms with van der Waals surface area (Å²) in [4.78, 5) is 29.5. The van der Waals surface area contributed by atoms with Crippen LogP contribution >= 0.6 is 0 Å². The molecular formula is C22H25N5O2. The predicted molar refractivity (Wildman–Crippen MR) is 111 cm³/mol. The second-order valence-electron chi connectivity index (χ2n) is 7.43. The van der Waals surface area contributed by atoms with Crippen LogP contribution < -0.4 is 11.0 Å². The number of rotatable bonds is 5. The highest BCUT2D eigenvalue weighted by Crippen LogP contribution is 2.20. The average Bonchev–Trinajstić information content (AvgIpc) is 2.91. The predicted octanol–water partition coefficient (Wildman–Crippen LogP) is 2.64. The van der Waals surface area contributed by atoms with Crippen molar-refractivity contribution in [3.63, 3.8) is 0 Å².